The minimum Gasteiger partial charge on any atom is -0.381 e. The maximum Gasteiger partial charge on any atom is 0.254 e. The van der Waals surface area contributed by atoms with Crippen LogP contribution in [0.5, 0.6) is 0 Å². The van der Waals surface area contributed by atoms with Crippen LogP contribution in [0, 0.1) is 5.82 Å². The molecule has 3 saturated heterocycles. The van der Waals surface area contributed by atoms with Gasteiger partial charge in [-0.05, 0) is 38.5 Å². The molecule has 1 aromatic rings. The third kappa shape index (κ3) is 4.22. The number of hydrogen-bond acceptors (Lipinski definition) is 9. The molecule has 5 N–H and O–H groups in total. The smallest absolute Gasteiger partial charge is 0.254 e. The van der Waals surface area contributed by atoms with Gasteiger partial charge < -0.3 is 20.1 Å². The van der Waals surface area contributed by atoms with Crippen molar-refractivity contribution >= 4 is 11.8 Å². The zero-order valence-corrected chi connectivity index (χ0v) is 18.3. The number of benzene rings is 1. The van der Waals surface area contributed by atoms with E-state index in [-0.39, 0.29) is 18.6 Å². The van der Waals surface area contributed by atoms with Crippen LogP contribution < -0.4 is 21.5 Å². The van der Waals surface area contributed by atoms with Crippen LogP contribution in [0.4, 0.5) is 4.39 Å². The van der Waals surface area contributed by atoms with Gasteiger partial charge in [0.05, 0.1) is 5.54 Å². The topological polar surface area (TPSA) is 127 Å². The van der Waals surface area contributed by atoms with Crippen molar-refractivity contribution in [1.29, 1.82) is 0 Å². The molecule has 0 spiro atoms. The maximum atomic E-state index is 13.1. The van der Waals surface area contributed by atoms with Crippen LogP contribution >= 0.6 is 0 Å². The summed E-state index contributed by atoms with van der Waals surface area (Å²) in [6, 6.07) is 4.39. The number of fused-ring (bicyclic) bond motifs is 1. The molecule has 3 aliphatic rings. The number of nitrogens with zero attached hydrogens (tertiary/aromatic N) is 2. The first-order valence-corrected chi connectivity index (χ1v) is 10.4. The lowest BCUT2D eigenvalue weighted by atomic mass is 9.92. The predicted molar refractivity (Wildman–Crippen MR) is 109 cm³/mol. The summed E-state index contributed by atoms with van der Waals surface area (Å²) in [6.07, 6.45) is -3.85. The average Bonchev–Trinajstić information content (AvgIpc) is 3.17. The van der Waals surface area contributed by atoms with Crippen LogP contribution in [0.25, 0.3) is 0 Å². The van der Waals surface area contributed by atoms with E-state index in [4.69, 9.17) is 9.57 Å². The SMILES string of the molecule is CC1NNC(C2NC(C)(C)C3N(C)C(=O)C(O)C(C(=O)NCc4ccc(F)cc4)N3O2)O1. The summed E-state index contributed by atoms with van der Waals surface area (Å²) < 4.78 is 18.9. The van der Waals surface area contributed by atoms with Gasteiger partial charge in [-0.15, -0.1) is 5.06 Å². The first kappa shape index (κ1) is 23.0. The Bertz CT molecular complexity index is 871. The molecule has 6 atom stereocenters. The summed E-state index contributed by atoms with van der Waals surface area (Å²) in [6.45, 7) is 5.68. The number of carbonyl (C=O) groups excluding carboxylic acids is 2. The van der Waals surface area contributed by atoms with E-state index in [9.17, 15) is 19.1 Å². The van der Waals surface area contributed by atoms with Crippen LogP contribution in [0.15, 0.2) is 24.3 Å². The minimum atomic E-state index is -1.63. The maximum absolute atomic E-state index is 13.1. The first-order chi connectivity index (χ1) is 15.1. The molecular weight excluding hydrogens is 423 g/mol. The van der Waals surface area contributed by atoms with Crippen LogP contribution in [-0.4, -0.2) is 76.5 Å². The van der Waals surface area contributed by atoms with E-state index in [1.807, 2.05) is 20.8 Å². The number of hydrazine groups is 1. The molecule has 12 heteroatoms. The third-order valence-corrected chi connectivity index (χ3v) is 5.88. The molecule has 2 amide bonds. The largest absolute Gasteiger partial charge is 0.381 e. The summed E-state index contributed by atoms with van der Waals surface area (Å²) in [5.41, 5.74) is 5.86. The first-order valence-electron chi connectivity index (χ1n) is 10.4. The second kappa shape index (κ2) is 8.63. The Hall–Kier alpha value is -2.19. The van der Waals surface area contributed by atoms with Gasteiger partial charge in [-0.25, -0.2) is 15.2 Å². The van der Waals surface area contributed by atoms with Crippen molar-refractivity contribution in [2.45, 2.75) is 69.9 Å². The summed E-state index contributed by atoms with van der Waals surface area (Å²) in [4.78, 5) is 33.3. The Morgan fingerprint density at radius 1 is 1.25 bits per heavy atom. The normalized spacial score (nSPS) is 34.9. The van der Waals surface area contributed by atoms with E-state index < -0.39 is 48.1 Å². The molecule has 176 valence electrons. The molecule has 1 aromatic carbocycles. The number of likely N-dealkylation sites (N-methyl/N-ethyl adjacent to an activating group) is 1. The Kier molecular flexibility index (Phi) is 6.20. The fraction of sp³-hybridized carbons (Fsp3) is 0.600. The molecule has 3 fully saturated rings. The molecular formula is C20H29FN6O5. The van der Waals surface area contributed by atoms with Gasteiger partial charge in [0.15, 0.2) is 24.6 Å². The van der Waals surface area contributed by atoms with Gasteiger partial charge >= 0.3 is 0 Å². The highest BCUT2D eigenvalue weighted by atomic mass is 19.1. The fourth-order valence-electron chi connectivity index (χ4n) is 4.37. The van der Waals surface area contributed by atoms with Crippen molar-refractivity contribution < 1.29 is 28.7 Å². The highest BCUT2D eigenvalue weighted by Gasteiger charge is 2.58. The monoisotopic (exact) mass is 452 g/mol. The van der Waals surface area contributed by atoms with Gasteiger partial charge in [-0.1, -0.05) is 12.1 Å². The number of carbonyl (C=O) groups is 2. The Morgan fingerprint density at radius 3 is 2.56 bits per heavy atom. The molecule has 32 heavy (non-hydrogen) atoms. The molecule has 0 aliphatic carbocycles. The lowest BCUT2D eigenvalue weighted by Crippen LogP contribution is -2.81. The highest BCUT2D eigenvalue weighted by Crippen LogP contribution is 2.34. The number of aliphatic hydroxyl groups excluding tert-OH is 1. The minimum absolute atomic E-state index is 0.102. The lowest BCUT2D eigenvalue weighted by Gasteiger charge is -2.57. The van der Waals surface area contributed by atoms with Crippen LogP contribution in [0.1, 0.15) is 26.3 Å². The van der Waals surface area contributed by atoms with Gasteiger partial charge in [-0.2, -0.15) is 0 Å². The second-order valence-electron chi connectivity index (χ2n) is 8.80. The van der Waals surface area contributed by atoms with Crippen molar-refractivity contribution in [3.63, 3.8) is 0 Å². The number of hydroxylamine groups is 2. The Morgan fingerprint density at radius 2 is 1.94 bits per heavy atom. The zero-order valence-electron chi connectivity index (χ0n) is 18.3. The van der Waals surface area contributed by atoms with Gasteiger partial charge in [-0.3, -0.25) is 19.7 Å². The van der Waals surface area contributed by atoms with E-state index in [0.29, 0.717) is 5.56 Å². The molecule has 3 heterocycles. The van der Waals surface area contributed by atoms with Gasteiger partial charge in [0, 0.05) is 13.6 Å². The summed E-state index contributed by atoms with van der Waals surface area (Å²) in [7, 11) is 1.55. The van der Waals surface area contributed by atoms with Crippen LogP contribution in [-0.2, 0) is 25.7 Å². The van der Waals surface area contributed by atoms with Gasteiger partial charge in [0.25, 0.3) is 5.91 Å². The average molecular weight is 452 g/mol. The van der Waals surface area contributed by atoms with Crippen LogP contribution in [0.2, 0.25) is 0 Å². The van der Waals surface area contributed by atoms with Crippen molar-refractivity contribution in [3.8, 4) is 0 Å². The van der Waals surface area contributed by atoms with E-state index in [2.05, 4.69) is 21.5 Å². The summed E-state index contributed by atoms with van der Waals surface area (Å²) in [5.74, 6) is -1.56. The van der Waals surface area contributed by atoms with Crippen molar-refractivity contribution in [2.24, 2.45) is 0 Å². The van der Waals surface area contributed by atoms with E-state index in [1.54, 1.807) is 19.2 Å². The molecule has 0 bridgehead atoms. The number of ether oxygens (including phenoxy) is 1. The van der Waals surface area contributed by atoms with E-state index in [0.717, 1.165) is 0 Å². The quantitative estimate of drug-likeness (QED) is 0.379. The summed E-state index contributed by atoms with van der Waals surface area (Å²) >= 11 is 0. The molecule has 3 aliphatic heterocycles. The number of amides is 2. The van der Waals surface area contributed by atoms with E-state index >= 15 is 0 Å². The molecule has 0 saturated carbocycles. The van der Waals surface area contributed by atoms with Crippen LogP contribution in [0.3, 0.4) is 0 Å². The van der Waals surface area contributed by atoms with E-state index in [1.165, 1.54) is 22.1 Å². The molecule has 0 radical (unpaired) electrons. The van der Waals surface area contributed by atoms with Crippen molar-refractivity contribution in [3.05, 3.63) is 35.6 Å². The number of hydrogen-bond donors (Lipinski definition) is 5. The fourth-order valence-corrected chi connectivity index (χ4v) is 4.37. The standard InChI is InChI=1S/C20H29FN6O5/c1-10-24-25-17(31-10)16-23-20(2,3)19-26(4)18(30)14(28)13(27(19)32-16)15(29)22-9-11-5-7-12(21)8-6-11/h5-8,10,13-14,16-17,19,23-25,28H,9H2,1-4H3,(H,22,29). The lowest BCUT2D eigenvalue weighted by molar-refractivity contribution is -0.347. The molecule has 11 nitrogen and oxygen atoms in total. The Balaban J connectivity index is 1.57. The van der Waals surface area contributed by atoms with Crippen molar-refractivity contribution in [2.75, 3.05) is 7.05 Å². The summed E-state index contributed by atoms with van der Waals surface area (Å²) in [5, 5.41) is 18.1. The molecule has 6 unspecified atom stereocenters. The number of nitrogens with one attached hydrogen (secondary N) is 4. The zero-order chi connectivity index (χ0) is 23.2. The van der Waals surface area contributed by atoms with Crippen molar-refractivity contribution in [1.82, 2.24) is 31.4 Å². The molecule has 4 rings (SSSR count). The van der Waals surface area contributed by atoms with Gasteiger partial charge in [0.1, 0.15) is 18.2 Å². The number of halogens is 1. The second-order valence-corrected chi connectivity index (χ2v) is 8.80. The third-order valence-electron chi connectivity index (χ3n) is 5.88. The molecule has 0 aromatic heterocycles. The predicted octanol–water partition coefficient (Wildman–Crippen LogP) is -1.29. The number of rotatable bonds is 4. The number of aliphatic hydroxyl groups is 1. The highest BCUT2D eigenvalue weighted by molar-refractivity contribution is 5.92. The Labute approximate surface area is 185 Å². The van der Waals surface area contributed by atoms with Gasteiger partial charge in [0.2, 0.25) is 5.91 Å².